The third-order valence-electron chi connectivity index (χ3n) is 4.86. The highest BCUT2D eigenvalue weighted by Crippen LogP contribution is 2.17. The minimum Gasteiger partial charge on any atom is -0.464 e. The van der Waals surface area contributed by atoms with Gasteiger partial charge in [-0.3, -0.25) is 4.79 Å². The van der Waals surface area contributed by atoms with Gasteiger partial charge in [-0.1, -0.05) is 38.3 Å². The Balaban J connectivity index is 2.04. The van der Waals surface area contributed by atoms with Crippen LogP contribution in [0.1, 0.15) is 70.4 Å². The molecular weight excluding hydrogens is 400 g/mol. The van der Waals surface area contributed by atoms with Crippen molar-refractivity contribution in [1.82, 2.24) is 9.88 Å². The fourth-order valence-corrected chi connectivity index (χ4v) is 3.93. The molecule has 1 amide bonds. The van der Waals surface area contributed by atoms with Crippen LogP contribution in [0.4, 0.5) is 0 Å². The van der Waals surface area contributed by atoms with Gasteiger partial charge in [0.15, 0.2) is 5.69 Å². The van der Waals surface area contributed by atoms with E-state index < -0.39 is 5.97 Å². The molecule has 7 heteroatoms. The van der Waals surface area contributed by atoms with Gasteiger partial charge in [0.05, 0.1) is 13.7 Å². The van der Waals surface area contributed by atoms with E-state index in [0.717, 1.165) is 12.8 Å². The van der Waals surface area contributed by atoms with Crippen molar-refractivity contribution in [3.8, 4) is 0 Å². The highest BCUT2D eigenvalue weighted by molar-refractivity contribution is 7.09. The van der Waals surface area contributed by atoms with Crippen molar-refractivity contribution >= 4 is 23.2 Å². The molecule has 164 valence electrons. The average molecular weight is 433 g/mol. The summed E-state index contributed by atoms with van der Waals surface area (Å²) in [5.74, 6) is -0.511. The number of methoxy groups -OCH3 is 2. The zero-order chi connectivity index (χ0) is 21.8. The fraction of sp³-hybridized carbons (Fsp3) is 0.522. The molecule has 0 aliphatic heterocycles. The highest BCUT2D eigenvalue weighted by atomic mass is 32.1. The maximum Gasteiger partial charge on any atom is 0.357 e. The number of ether oxygens (including phenoxy) is 2. The Hall–Kier alpha value is -2.25. The van der Waals surface area contributed by atoms with E-state index in [-0.39, 0.29) is 11.6 Å². The van der Waals surface area contributed by atoms with Crippen molar-refractivity contribution in [2.24, 2.45) is 0 Å². The van der Waals surface area contributed by atoms with Gasteiger partial charge in [0.25, 0.3) is 5.91 Å². The molecular formula is C23H32N2O4S. The van der Waals surface area contributed by atoms with Crippen LogP contribution in [-0.2, 0) is 22.4 Å². The molecule has 0 N–H and O–H groups in total. The number of carbonyl (C=O) groups is 2. The zero-order valence-electron chi connectivity index (χ0n) is 18.2. The lowest BCUT2D eigenvalue weighted by atomic mass is 10.0. The van der Waals surface area contributed by atoms with E-state index >= 15 is 0 Å². The Labute approximate surface area is 183 Å². The summed E-state index contributed by atoms with van der Waals surface area (Å²) in [7, 11) is 2.98. The Bertz CT molecular complexity index is 789. The quantitative estimate of drug-likeness (QED) is 0.338. The molecule has 0 aliphatic carbocycles. The molecule has 0 saturated carbocycles. The van der Waals surface area contributed by atoms with Crippen LogP contribution in [0.2, 0.25) is 0 Å². The number of aryl methyl sites for hydroxylation is 1. The van der Waals surface area contributed by atoms with Gasteiger partial charge in [0.2, 0.25) is 0 Å². The Morgan fingerprint density at radius 2 is 1.83 bits per heavy atom. The van der Waals surface area contributed by atoms with Crippen molar-refractivity contribution in [3.63, 3.8) is 0 Å². The summed E-state index contributed by atoms with van der Waals surface area (Å²) in [4.78, 5) is 30.8. The van der Waals surface area contributed by atoms with Crippen molar-refractivity contribution in [3.05, 3.63) is 51.5 Å². The van der Waals surface area contributed by atoms with Crippen LogP contribution in [-0.4, -0.2) is 49.1 Å². The molecule has 30 heavy (non-hydrogen) atoms. The van der Waals surface area contributed by atoms with Crippen molar-refractivity contribution in [1.29, 1.82) is 0 Å². The van der Waals surface area contributed by atoms with E-state index in [1.165, 1.54) is 49.7 Å². The van der Waals surface area contributed by atoms with Gasteiger partial charge < -0.3 is 14.4 Å². The monoisotopic (exact) mass is 432 g/mol. The lowest BCUT2D eigenvalue weighted by Crippen LogP contribution is -2.32. The lowest BCUT2D eigenvalue weighted by molar-refractivity contribution is 0.0594. The van der Waals surface area contributed by atoms with Crippen LogP contribution in [0.15, 0.2) is 29.6 Å². The summed E-state index contributed by atoms with van der Waals surface area (Å²) >= 11 is 1.35. The third-order valence-corrected chi connectivity index (χ3v) is 5.69. The number of amides is 1. The van der Waals surface area contributed by atoms with Gasteiger partial charge >= 0.3 is 5.97 Å². The van der Waals surface area contributed by atoms with Gasteiger partial charge in [0.1, 0.15) is 5.01 Å². The van der Waals surface area contributed by atoms with Crippen LogP contribution in [0, 0.1) is 0 Å². The van der Waals surface area contributed by atoms with E-state index in [1.807, 2.05) is 24.3 Å². The van der Waals surface area contributed by atoms with Crippen molar-refractivity contribution in [2.45, 2.75) is 52.0 Å². The molecule has 0 radical (unpaired) electrons. The number of unbranched alkanes of at least 4 members (excludes halogenated alkanes) is 3. The summed E-state index contributed by atoms with van der Waals surface area (Å²) in [5.41, 5.74) is 2.19. The largest absolute Gasteiger partial charge is 0.464 e. The maximum absolute atomic E-state index is 13.1. The molecule has 0 fully saturated rings. The standard InChI is InChI=1S/C23H32N2O4S/c1-4-5-6-7-9-18-10-12-19(13-11-18)22(26)25(14-8-15-28-2)16-21-24-20(17-30-21)23(27)29-3/h10-13,17H,4-9,14-16H2,1-3H3. The molecule has 0 spiro atoms. The second-order valence-electron chi connectivity index (χ2n) is 7.20. The molecule has 0 atom stereocenters. The first kappa shape index (κ1) is 24.0. The SMILES string of the molecule is CCCCCCc1ccc(C(=O)N(CCCOC)Cc2nc(C(=O)OC)cs2)cc1. The number of thiazole rings is 1. The summed E-state index contributed by atoms with van der Waals surface area (Å²) in [6.07, 6.45) is 6.69. The Morgan fingerprint density at radius 3 is 2.50 bits per heavy atom. The molecule has 0 aliphatic rings. The molecule has 0 bridgehead atoms. The van der Waals surface area contributed by atoms with Gasteiger partial charge in [0, 0.05) is 31.2 Å². The number of rotatable bonds is 13. The first-order valence-electron chi connectivity index (χ1n) is 10.5. The normalized spacial score (nSPS) is 10.8. The predicted molar refractivity (Wildman–Crippen MR) is 119 cm³/mol. The molecule has 2 rings (SSSR count). The van der Waals surface area contributed by atoms with Crippen molar-refractivity contribution in [2.75, 3.05) is 27.4 Å². The molecule has 1 aromatic carbocycles. The summed E-state index contributed by atoms with van der Waals surface area (Å²) in [6, 6.07) is 7.90. The topological polar surface area (TPSA) is 68.7 Å². The van der Waals surface area contributed by atoms with Crippen LogP contribution in [0.5, 0.6) is 0 Å². The number of esters is 1. The molecule has 2 aromatic rings. The lowest BCUT2D eigenvalue weighted by Gasteiger charge is -2.22. The Kier molecular flexibility index (Phi) is 10.5. The molecule has 6 nitrogen and oxygen atoms in total. The minimum absolute atomic E-state index is 0.0431. The number of carbonyl (C=O) groups excluding carboxylic acids is 2. The van der Waals surface area contributed by atoms with Gasteiger partial charge in [-0.05, 0) is 37.0 Å². The van der Waals surface area contributed by atoms with E-state index in [1.54, 1.807) is 17.4 Å². The van der Waals surface area contributed by atoms with E-state index in [2.05, 4.69) is 11.9 Å². The second kappa shape index (κ2) is 13.1. The fourth-order valence-electron chi connectivity index (χ4n) is 3.15. The number of nitrogens with zero attached hydrogens (tertiary/aromatic N) is 2. The first-order chi connectivity index (χ1) is 14.6. The van der Waals surface area contributed by atoms with Crippen LogP contribution >= 0.6 is 11.3 Å². The van der Waals surface area contributed by atoms with Gasteiger partial charge in [-0.2, -0.15) is 0 Å². The summed E-state index contributed by atoms with van der Waals surface area (Å²) in [6.45, 7) is 3.69. The number of hydrogen-bond donors (Lipinski definition) is 0. The predicted octanol–water partition coefficient (Wildman–Crippen LogP) is 4.73. The van der Waals surface area contributed by atoms with Crippen molar-refractivity contribution < 1.29 is 19.1 Å². The summed E-state index contributed by atoms with van der Waals surface area (Å²) < 4.78 is 9.85. The van der Waals surface area contributed by atoms with E-state index in [9.17, 15) is 9.59 Å². The number of benzene rings is 1. The smallest absolute Gasteiger partial charge is 0.357 e. The Morgan fingerprint density at radius 1 is 1.07 bits per heavy atom. The molecule has 0 saturated heterocycles. The second-order valence-corrected chi connectivity index (χ2v) is 8.14. The van der Waals surface area contributed by atoms with E-state index in [4.69, 9.17) is 9.47 Å². The molecule has 0 unspecified atom stereocenters. The van der Waals surface area contributed by atoms with Gasteiger partial charge in [-0.25, -0.2) is 9.78 Å². The van der Waals surface area contributed by atoms with Crippen LogP contribution in [0.3, 0.4) is 0 Å². The summed E-state index contributed by atoms with van der Waals surface area (Å²) in [5, 5.41) is 2.36. The number of aromatic nitrogens is 1. The maximum atomic E-state index is 13.1. The molecule has 1 heterocycles. The minimum atomic E-state index is -0.468. The first-order valence-corrected chi connectivity index (χ1v) is 11.4. The van der Waals surface area contributed by atoms with Gasteiger partial charge in [-0.15, -0.1) is 11.3 Å². The van der Waals surface area contributed by atoms with Crippen LogP contribution in [0.25, 0.3) is 0 Å². The average Bonchev–Trinajstić information content (AvgIpc) is 3.24. The number of hydrogen-bond acceptors (Lipinski definition) is 6. The van der Waals surface area contributed by atoms with Crippen LogP contribution < -0.4 is 0 Å². The van der Waals surface area contributed by atoms with E-state index in [0.29, 0.717) is 30.3 Å². The highest BCUT2D eigenvalue weighted by Gasteiger charge is 2.19. The zero-order valence-corrected chi connectivity index (χ0v) is 19.0. The molecule has 1 aromatic heterocycles. The third kappa shape index (κ3) is 7.54.